The number of aryl methyl sites for hydroxylation is 1. The Balaban J connectivity index is 2.99. The van der Waals surface area contributed by atoms with Gasteiger partial charge >= 0.3 is 0 Å². The first kappa shape index (κ1) is 13.8. The fourth-order valence-corrected chi connectivity index (χ4v) is 4.33. The lowest BCUT2D eigenvalue weighted by molar-refractivity contribution is 0.595. The number of sulfone groups is 1. The van der Waals surface area contributed by atoms with Gasteiger partial charge in [0.2, 0.25) is 10.0 Å². The average Bonchev–Trinajstić information content (AvgIpc) is 2.05. The van der Waals surface area contributed by atoms with Crippen LogP contribution in [0.3, 0.4) is 0 Å². The molecule has 96 valence electrons. The van der Waals surface area contributed by atoms with Crippen molar-refractivity contribution in [1.29, 1.82) is 0 Å². The van der Waals surface area contributed by atoms with Gasteiger partial charge in [-0.3, -0.25) is 4.72 Å². The zero-order chi connectivity index (χ0) is 13.3. The molecule has 0 heterocycles. The van der Waals surface area contributed by atoms with Gasteiger partial charge < -0.3 is 5.73 Å². The largest absolute Gasteiger partial charge is 0.399 e. The highest BCUT2D eigenvalue weighted by Gasteiger charge is 2.18. The number of anilines is 2. The summed E-state index contributed by atoms with van der Waals surface area (Å²) in [5.41, 5.74) is 6.98. The molecule has 0 saturated heterocycles. The van der Waals surface area contributed by atoms with Gasteiger partial charge in [0.1, 0.15) is 0 Å². The molecule has 0 fully saturated rings. The first-order valence-corrected chi connectivity index (χ1v) is 8.35. The number of sulfonamides is 1. The molecular weight excluding hydrogens is 264 g/mol. The van der Waals surface area contributed by atoms with Crippen LogP contribution in [0.1, 0.15) is 5.56 Å². The van der Waals surface area contributed by atoms with Crippen molar-refractivity contribution in [2.45, 2.75) is 6.92 Å². The maximum absolute atomic E-state index is 11.5. The molecule has 0 aliphatic heterocycles. The number of nitrogens with two attached hydrogens (primary N) is 1. The maximum Gasteiger partial charge on any atom is 0.247 e. The van der Waals surface area contributed by atoms with Crippen LogP contribution in [0, 0.1) is 6.92 Å². The number of hydrogen-bond acceptors (Lipinski definition) is 5. The van der Waals surface area contributed by atoms with E-state index in [2.05, 4.69) is 4.72 Å². The molecule has 0 radical (unpaired) electrons. The molecule has 6 nitrogen and oxygen atoms in total. The Labute approximate surface area is 101 Å². The Kier molecular flexibility index (Phi) is 3.68. The second kappa shape index (κ2) is 4.53. The summed E-state index contributed by atoms with van der Waals surface area (Å²) in [6.07, 6.45) is 0.863. The summed E-state index contributed by atoms with van der Waals surface area (Å²) in [6, 6.07) is 4.62. The number of nitrogen functional groups attached to an aromatic ring is 1. The Bertz CT molecular complexity index is 620. The zero-order valence-corrected chi connectivity index (χ0v) is 11.1. The summed E-state index contributed by atoms with van der Waals surface area (Å²) in [5, 5.41) is -0.941. The number of benzene rings is 1. The van der Waals surface area contributed by atoms with Crippen molar-refractivity contribution in [3.63, 3.8) is 0 Å². The van der Waals surface area contributed by atoms with Crippen LogP contribution >= 0.6 is 0 Å². The smallest absolute Gasteiger partial charge is 0.247 e. The van der Waals surface area contributed by atoms with Crippen molar-refractivity contribution in [2.24, 2.45) is 0 Å². The molecule has 1 aromatic carbocycles. The van der Waals surface area contributed by atoms with Crippen LogP contribution in [-0.2, 0) is 19.9 Å². The van der Waals surface area contributed by atoms with Crippen LogP contribution in [0.2, 0.25) is 0 Å². The van der Waals surface area contributed by atoms with E-state index in [1.54, 1.807) is 13.0 Å². The Morgan fingerprint density at radius 2 is 1.82 bits per heavy atom. The van der Waals surface area contributed by atoms with Crippen molar-refractivity contribution in [1.82, 2.24) is 0 Å². The molecule has 0 aliphatic rings. The predicted octanol–water partition coefficient (Wildman–Crippen LogP) is 0.321. The maximum atomic E-state index is 11.5. The van der Waals surface area contributed by atoms with Gasteiger partial charge in [-0.1, -0.05) is 0 Å². The molecule has 8 heteroatoms. The molecule has 0 aliphatic carbocycles. The third-order valence-corrected chi connectivity index (χ3v) is 5.37. The van der Waals surface area contributed by atoms with Gasteiger partial charge in [0.05, 0.1) is 5.69 Å². The fourth-order valence-electron chi connectivity index (χ4n) is 1.28. The van der Waals surface area contributed by atoms with Crippen molar-refractivity contribution in [2.75, 3.05) is 21.8 Å². The van der Waals surface area contributed by atoms with E-state index >= 15 is 0 Å². The van der Waals surface area contributed by atoms with E-state index in [9.17, 15) is 16.8 Å². The molecule has 17 heavy (non-hydrogen) atoms. The summed E-state index contributed by atoms with van der Waals surface area (Å²) in [5.74, 6) is 0. The average molecular weight is 278 g/mol. The van der Waals surface area contributed by atoms with Gasteiger partial charge in [0.25, 0.3) is 0 Å². The normalized spacial score (nSPS) is 12.4. The third-order valence-electron chi connectivity index (χ3n) is 1.89. The van der Waals surface area contributed by atoms with E-state index in [0.717, 1.165) is 6.26 Å². The molecule has 0 bridgehead atoms. The minimum atomic E-state index is -3.91. The van der Waals surface area contributed by atoms with E-state index in [4.69, 9.17) is 5.73 Å². The quantitative estimate of drug-likeness (QED) is 0.771. The molecule has 1 aromatic rings. The van der Waals surface area contributed by atoms with Crippen molar-refractivity contribution in [3.8, 4) is 0 Å². The lowest BCUT2D eigenvalue weighted by Gasteiger charge is -2.10. The molecule has 0 unspecified atom stereocenters. The lowest BCUT2D eigenvalue weighted by Crippen LogP contribution is -2.22. The van der Waals surface area contributed by atoms with Gasteiger partial charge in [-0.2, -0.15) is 0 Å². The highest BCUT2D eigenvalue weighted by Crippen LogP contribution is 2.19. The molecule has 3 N–H and O–H groups in total. The first-order valence-electron chi connectivity index (χ1n) is 4.63. The SMILES string of the molecule is Cc1cc(N)ccc1NS(=O)(=O)CS(C)(=O)=O. The van der Waals surface area contributed by atoms with Crippen molar-refractivity contribution in [3.05, 3.63) is 23.8 Å². The molecule has 0 atom stereocenters. The number of rotatable bonds is 4. The van der Waals surface area contributed by atoms with E-state index in [1.165, 1.54) is 12.1 Å². The van der Waals surface area contributed by atoms with Gasteiger partial charge in [0.15, 0.2) is 14.9 Å². The van der Waals surface area contributed by atoms with E-state index in [-0.39, 0.29) is 0 Å². The Morgan fingerprint density at radius 3 is 2.29 bits per heavy atom. The molecule has 0 amide bonds. The standard InChI is InChI=1S/C9H14N2O4S2/c1-7-5-8(10)3-4-9(7)11-17(14,15)6-16(2,12)13/h3-5,11H,6,10H2,1-2H3. The van der Waals surface area contributed by atoms with E-state index < -0.39 is 24.9 Å². The molecular formula is C9H14N2O4S2. The van der Waals surface area contributed by atoms with Gasteiger partial charge in [0, 0.05) is 11.9 Å². The summed E-state index contributed by atoms with van der Waals surface area (Å²) in [7, 11) is -7.50. The van der Waals surface area contributed by atoms with Crippen LogP contribution in [0.5, 0.6) is 0 Å². The summed E-state index contributed by atoms with van der Waals surface area (Å²) >= 11 is 0. The van der Waals surface area contributed by atoms with E-state index in [0.29, 0.717) is 16.9 Å². The first-order chi connectivity index (χ1) is 7.59. The molecule has 0 saturated carbocycles. The molecule has 1 rings (SSSR count). The highest BCUT2D eigenvalue weighted by atomic mass is 32.3. The summed E-state index contributed by atoms with van der Waals surface area (Å²) < 4.78 is 47.1. The zero-order valence-electron chi connectivity index (χ0n) is 9.47. The van der Waals surface area contributed by atoms with Crippen molar-refractivity contribution < 1.29 is 16.8 Å². The number of hydrogen-bond donors (Lipinski definition) is 2. The lowest BCUT2D eigenvalue weighted by atomic mass is 10.2. The van der Waals surface area contributed by atoms with Crippen LogP contribution < -0.4 is 10.5 Å². The van der Waals surface area contributed by atoms with Crippen LogP contribution in [0.4, 0.5) is 11.4 Å². The molecule has 0 aromatic heterocycles. The fraction of sp³-hybridized carbons (Fsp3) is 0.333. The Morgan fingerprint density at radius 1 is 1.24 bits per heavy atom. The van der Waals surface area contributed by atoms with Crippen LogP contribution in [-0.4, -0.2) is 28.2 Å². The monoisotopic (exact) mass is 278 g/mol. The second-order valence-electron chi connectivity index (χ2n) is 3.83. The van der Waals surface area contributed by atoms with Gasteiger partial charge in [-0.25, -0.2) is 16.8 Å². The Hall–Kier alpha value is -1.28. The predicted molar refractivity (Wildman–Crippen MR) is 67.8 cm³/mol. The van der Waals surface area contributed by atoms with Crippen LogP contribution in [0.15, 0.2) is 18.2 Å². The van der Waals surface area contributed by atoms with Gasteiger partial charge in [-0.05, 0) is 30.7 Å². The minimum absolute atomic E-state index is 0.322. The number of nitrogens with one attached hydrogen (secondary N) is 1. The highest BCUT2D eigenvalue weighted by molar-refractivity contribution is 8.08. The molecule has 0 spiro atoms. The van der Waals surface area contributed by atoms with Gasteiger partial charge in [-0.15, -0.1) is 0 Å². The minimum Gasteiger partial charge on any atom is -0.399 e. The second-order valence-corrected chi connectivity index (χ2v) is 8.06. The summed E-state index contributed by atoms with van der Waals surface area (Å²) in [4.78, 5) is 0. The third kappa shape index (κ3) is 4.61. The van der Waals surface area contributed by atoms with Crippen molar-refractivity contribution >= 4 is 31.2 Å². The topological polar surface area (TPSA) is 106 Å². The summed E-state index contributed by atoms with van der Waals surface area (Å²) in [6.45, 7) is 1.68. The van der Waals surface area contributed by atoms with E-state index in [1.807, 2.05) is 0 Å². The van der Waals surface area contributed by atoms with Crippen LogP contribution in [0.25, 0.3) is 0 Å².